The molecule has 0 aliphatic heterocycles. The largest absolute Gasteiger partial charge is 0.493 e. The molecule has 0 spiro atoms. The van der Waals surface area contributed by atoms with Gasteiger partial charge in [-0.3, -0.25) is 0 Å². The van der Waals surface area contributed by atoms with Crippen molar-refractivity contribution >= 4 is 5.69 Å². The molecule has 106 valence electrons. The van der Waals surface area contributed by atoms with Crippen molar-refractivity contribution in [1.29, 1.82) is 0 Å². The highest BCUT2D eigenvalue weighted by Crippen LogP contribution is 2.16. The lowest BCUT2D eigenvalue weighted by atomic mass is 10.2. The van der Waals surface area contributed by atoms with Gasteiger partial charge in [0.25, 0.3) is 0 Å². The molecule has 0 saturated carbocycles. The first-order valence-electron chi connectivity index (χ1n) is 7.25. The van der Waals surface area contributed by atoms with Crippen LogP contribution in [0, 0.1) is 13.8 Å². The minimum atomic E-state index is 0.778. The number of nitrogens with one attached hydrogen (secondary N) is 1. The van der Waals surface area contributed by atoms with Crippen LogP contribution in [0.3, 0.4) is 0 Å². The van der Waals surface area contributed by atoms with Gasteiger partial charge in [-0.05, 0) is 49.9 Å². The maximum Gasteiger partial charge on any atom is 0.122 e. The van der Waals surface area contributed by atoms with Crippen LogP contribution in [0.2, 0.25) is 0 Å². The summed E-state index contributed by atoms with van der Waals surface area (Å²) in [5, 5.41) is 3.47. The summed E-state index contributed by atoms with van der Waals surface area (Å²) in [5.74, 6) is 0.999. The molecule has 0 aliphatic rings. The van der Waals surface area contributed by atoms with Crippen LogP contribution in [0.5, 0.6) is 5.75 Å². The van der Waals surface area contributed by atoms with E-state index in [2.05, 4.69) is 49.5 Å². The van der Waals surface area contributed by atoms with E-state index in [1.807, 2.05) is 18.2 Å². The maximum atomic E-state index is 5.79. The molecule has 0 saturated heterocycles. The fourth-order valence-corrected chi connectivity index (χ4v) is 2.12. The second kappa shape index (κ2) is 7.59. The third kappa shape index (κ3) is 4.30. The van der Waals surface area contributed by atoms with Crippen LogP contribution in [0.15, 0.2) is 48.5 Å². The number of rotatable bonds is 7. The first-order valence-corrected chi connectivity index (χ1v) is 7.25. The lowest BCUT2D eigenvalue weighted by molar-refractivity contribution is 0.306. The van der Waals surface area contributed by atoms with Crippen LogP contribution in [0.1, 0.15) is 24.0 Å². The van der Waals surface area contributed by atoms with E-state index in [0.29, 0.717) is 0 Å². The van der Waals surface area contributed by atoms with Gasteiger partial charge < -0.3 is 10.1 Å². The predicted octanol–water partition coefficient (Wildman–Crippen LogP) is 4.57. The third-order valence-corrected chi connectivity index (χ3v) is 3.38. The zero-order valence-electron chi connectivity index (χ0n) is 12.4. The molecular weight excluding hydrogens is 246 g/mol. The SMILES string of the molecule is Cc1ccccc1NCCCCOc1ccccc1C. The molecule has 2 aromatic carbocycles. The van der Waals surface area contributed by atoms with Gasteiger partial charge in [-0.2, -0.15) is 0 Å². The van der Waals surface area contributed by atoms with Gasteiger partial charge in [0, 0.05) is 12.2 Å². The molecule has 0 unspecified atom stereocenters. The molecule has 0 heterocycles. The Morgan fingerprint density at radius 2 is 1.55 bits per heavy atom. The number of anilines is 1. The van der Waals surface area contributed by atoms with Crippen molar-refractivity contribution in [3.05, 3.63) is 59.7 Å². The van der Waals surface area contributed by atoms with E-state index >= 15 is 0 Å². The summed E-state index contributed by atoms with van der Waals surface area (Å²) in [6.45, 7) is 5.97. The van der Waals surface area contributed by atoms with Gasteiger partial charge in [-0.25, -0.2) is 0 Å². The fourth-order valence-electron chi connectivity index (χ4n) is 2.12. The summed E-state index contributed by atoms with van der Waals surface area (Å²) in [4.78, 5) is 0. The second-order valence-electron chi connectivity index (χ2n) is 5.06. The summed E-state index contributed by atoms with van der Waals surface area (Å²) in [6.07, 6.45) is 2.17. The van der Waals surface area contributed by atoms with E-state index in [1.54, 1.807) is 0 Å². The van der Waals surface area contributed by atoms with Crippen molar-refractivity contribution in [2.24, 2.45) is 0 Å². The van der Waals surface area contributed by atoms with Crippen molar-refractivity contribution in [1.82, 2.24) is 0 Å². The van der Waals surface area contributed by atoms with E-state index in [-0.39, 0.29) is 0 Å². The Labute approximate surface area is 121 Å². The Hall–Kier alpha value is -1.96. The maximum absolute atomic E-state index is 5.79. The van der Waals surface area contributed by atoms with Crippen LogP contribution < -0.4 is 10.1 Å². The Bertz CT molecular complexity index is 487. The smallest absolute Gasteiger partial charge is 0.122 e. The molecule has 0 amide bonds. The zero-order chi connectivity index (χ0) is 14.2. The number of hydrogen-bond acceptors (Lipinski definition) is 2. The average Bonchev–Trinajstić information content (AvgIpc) is 2.46. The summed E-state index contributed by atoms with van der Waals surface area (Å²) in [5.41, 5.74) is 3.72. The van der Waals surface area contributed by atoms with Crippen molar-refractivity contribution in [2.75, 3.05) is 18.5 Å². The summed E-state index contributed by atoms with van der Waals surface area (Å²) >= 11 is 0. The van der Waals surface area contributed by atoms with Gasteiger partial charge in [-0.15, -0.1) is 0 Å². The lowest BCUT2D eigenvalue weighted by Gasteiger charge is -2.10. The molecule has 20 heavy (non-hydrogen) atoms. The quantitative estimate of drug-likeness (QED) is 0.743. The molecule has 2 aromatic rings. The predicted molar refractivity (Wildman–Crippen MR) is 85.6 cm³/mol. The number of aryl methyl sites for hydroxylation is 2. The summed E-state index contributed by atoms with van der Waals surface area (Å²) < 4.78 is 5.79. The average molecular weight is 269 g/mol. The first kappa shape index (κ1) is 14.4. The third-order valence-electron chi connectivity index (χ3n) is 3.38. The van der Waals surface area contributed by atoms with Crippen LogP contribution in [0.4, 0.5) is 5.69 Å². The van der Waals surface area contributed by atoms with Gasteiger partial charge in [0.05, 0.1) is 6.61 Å². The van der Waals surface area contributed by atoms with Gasteiger partial charge in [0.2, 0.25) is 0 Å². The zero-order valence-corrected chi connectivity index (χ0v) is 12.4. The molecule has 0 aromatic heterocycles. The van der Waals surface area contributed by atoms with Crippen molar-refractivity contribution in [2.45, 2.75) is 26.7 Å². The minimum absolute atomic E-state index is 0.778. The molecule has 1 N–H and O–H groups in total. The Morgan fingerprint density at radius 1 is 0.850 bits per heavy atom. The van der Waals surface area contributed by atoms with E-state index in [4.69, 9.17) is 4.74 Å². The molecule has 2 heteroatoms. The number of hydrogen-bond donors (Lipinski definition) is 1. The Morgan fingerprint density at radius 3 is 2.30 bits per heavy atom. The van der Waals surface area contributed by atoms with Crippen molar-refractivity contribution in [3.8, 4) is 5.75 Å². The standard InChI is InChI=1S/C18H23NO/c1-15-9-3-5-11-17(15)19-13-7-8-14-20-18-12-6-4-10-16(18)2/h3-6,9-12,19H,7-8,13-14H2,1-2H3. The highest BCUT2D eigenvalue weighted by molar-refractivity contribution is 5.50. The van der Waals surface area contributed by atoms with E-state index in [9.17, 15) is 0 Å². The highest BCUT2D eigenvalue weighted by atomic mass is 16.5. The van der Waals surface area contributed by atoms with E-state index in [0.717, 1.165) is 31.7 Å². The van der Waals surface area contributed by atoms with Gasteiger partial charge >= 0.3 is 0 Å². The summed E-state index contributed by atoms with van der Waals surface area (Å²) in [6, 6.07) is 16.5. The lowest BCUT2D eigenvalue weighted by Crippen LogP contribution is -2.06. The second-order valence-corrected chi connectivity index (χ2v) is 5.06. The molecule has 2 rings (SSSR count). The van der Waals surface area contributed by atoms with Crippen molar-refractivity contribution < 1.29 is 4.74 Å². The molecular formula is C18H23NO. The van der Waals surface area contributed by atoms with E-state index in [1.165, 1.54) is 16.8 Å². The van der Waals surface area contributed by atoms with E-state index < -0.39 is 0 Å². The highest BCUT2D eigenvalue weighted by Gasteiger charge is 1.98. The van der Waals surface area contributed by atoms with Crippen LogP contribution in [-0.2, 0) is 0 Å². The first-order chi connectivity index (χ1) is 9.77. The number of ether oxygens (including phenoxy) is 1. The number of para-hydroxylation sites is 2. The Kier molecular flexibility index (Phi) is 5.48. The van der Waals surface area contributed by atoms with Gasteiger partial charge in [-0.1, -0.05) is 36.4 Å². The number of unbranched alkanes of at least 4 members (excludes halogenated alkanes) is 1. The van der Waals surface area contributed by atoms with Crippen LogP contribution in [0.25, 0.3) is 0 Å². The van der Waals surface area contributed by atoms with Crippen LogP contribution in [-0.4, -0.2) is 13.2 Å². The monoisotopic (exact) mass is 269 g/mol. The summed E-state index contributed by atoms with van der Waals surface area (Å²) in [7, 11) is 0. The normalized spacial score (nSPS) is 10.3. The number of benzene rings is 2. The topological polar surface area (TPSA) is 21.3 Å². The molecule has 0 bridgehead atoms. The Balaban J connectivity index is 1.63. The minimum Gasteiger partial charge on any atom is -0.493 e. The van der Waals surface area contributed by atoms with Crippen LogP contribution >= 0.6 is 0 Å². The van der Waals surface area contributed by atoms with Crippen molar-refractivity contribution in [3.63, 3.8) is 0 Å². The molecule has 0 fully saturated rings. The van der Waals surface area contributed by atoms with Gasteiger partial charge in [0.15, 0.2) is 0 Å². The van der Waals surface area contributed by atoms with Gasteiger partial charge in [0.1, 0.15) is 5.75 Å². The molecule has 0 aliphatic carbocycles. The molecule has 2 nitrogen and oxygen atoms in total. The molecule has 0 atom stereocenters. The molecule has 0 radical (unpaired) electrons. The fraction of sp³-hybridized carbons (Fsp3) is 0.333.